The van der Waals surface area contributed by atoms with Gasteiger partial charge >= 0.3 is 0 Å². The van der Waals surface area contributed by atoms with Crippen LogP contribution in [-0.4, -0.2) is 19.1 Å². The first kappa shape index (κ1) is 32.2. The molecule has 0 bridgehead atoms. The summed E-state index contributed by atoms with van der Waals surface area (Å²) in [7, 11) is 0. The molecule has 0 saturated heterocycles. The van der Waals surface area contributed by atoms with Crippen LogP contribution >= 0.6 is 11.8 Å². The van der Waals surface area contributed by atoms with Gasteiger partial charge in [-0.05, 0) is 106 Å². The molecule has 272 valence electrons. The van der Waals surface area contributed by atoms with Gasteiger partial charge in [0, 0.05) is 53.4 Å². The highest BCUT2D eigenvalue weighted by Gasteiger charge is 2.36. The summed E-state index contributed by atoms with van der Waals surface area (Å²) in [6.45, 7) is 4.71. The van der Waals surface area contributed by atoms with Crippen molar-refractivity contribution in [1.29, 1.82) is 0 Å². The van der Waals surface area contributed by atoms with E-state index >= 15 is 0 Å². The van der Waals surface area contributed by atoms with Crippen molar-refractivity contribution in [2.45, 2.75) is 29.1 Å². The van der Waals surface area contributed by atoms with E-state index in [0.717, 1.165) is 38.9 Å². The lowest BCUT2D eigenvalue weighted by Gasteiger charge is -2.22. The van der Waals surface area contributed by atoms with E-state index in [2.05, 4.69) is 193 Å². The molecule has 0 fully saturated rings. The van der Waals surface area contributed by atoms with Gasteiger partial charge < -0.3 is 4.57 Å². The molecule has 5 heteroatoms. The van der Waals surface area contributed by atoms with Crippen LogP contribution in [0.4, 0.5) is 0 Å². The zero-order valence-corrected chi connectivity index (χ0v) is 32.7. The maximum atomic E-state index is 5.49. The molecule has 0 unspecified atom stereocenters. The van der Waals surface area contributed by atoms with Crippen molar-refractivity contribution >= 4 is 66.3 Å². The first-order valence-electron chi connectivity index (χ1n) is 19.9. The number of hydrogen-bond donors (Lipinski definition) is 0. The molecule has 1 aliphatic carbocycles. The zero-order valence-electron chi connectivity index (χ0n) is 31.9. The summed E-state index contributed by atoms with van der Waals surface area (Å²) in [6, 6.07) is 62.1. The molecule has 8 aromatic carbocycles. The third-order valence-electron chi connectivity index (χ3n) is 12.7. The van der Waals surface area contributed by atoms with Crippen molar-refractivity contribution in [2.75, 3.05) is 0 Å². The second-order valence-corrected chi connectivity index (χ2v) is 17.3. The summed E-state index contributed by atoms with van der Waals surface area (Å²) in [5.74, 6) is 0.692. The van der Waals surface area contributed by atoms with E-state index in [1.54, 1.807) is 11.8 Å². The first-order chi connectivity index (χ1) is 28.5. The molecule has 0 amide bonds. The number of aromatic nitrogens is 4. The van der Waals surface area contributed by atoms with Crippen LogP contribution in [0.15, 0.2) is 180 Å². The van der Waals surface area contributed by atoms with E-state index in [1.165, 1.54) is 75.7 Å². The van der Waals surface area contributed by atoms with Gasteiger partial charge in [0.1, 0.15) is 0 Å². The summed E-state index contributed by atoms with van der Waals surface area (Å²) >= 11 is 1.80. The van der Waals surface area contributed by atoms with E-state index in [-0.39, 0.29) is 5.41 Å². The maximum absolute atomic E-state index is 5.49. The average molecular weight is 759 g/mol. The molecule has 1 aliphatic heterocycles. The summed E-state index contributed by atoms with van der Waals surface area (Å²) in [6.07, 6.45) is 0. The van der Waals surface area contributed by atoms with Crippen LogP contribution in [0.25, 0.3) is 99.7 Å². The Morgan fingerprint density at radius 1 is 0.448 bits per heavy atom. The number of para-hydroxylation sites is 2. The minimum Gasteiger partial charge on any atom is -0.309 e. The molecule has 0 saturated carbocycles. The van der Waals surface area contributed by atoms with Crippen LogP contribution in [-0.2, 0) is 5.41 Å². The van der Waals surface area contributed by atoms with Crippen LogP contribution in [0.3, 0.4) is 0 Å². The third kappa shape index (κ3) is 4.31. The monoisotopic (exact) mass is 758 g/mol. The lowest BCUT2D eigenvalue weighted by atomic mass is 9.82. The van der Waals surface area contributed by atoms with Crippen molar-refractivity contribution < 1.29 is 0 Å². The zero-order chi connectivity index (χ0) is 38.3. The summed E-state index contributed by atoms with van der Waals surface area (Å²) in [4.78, 5) is 13.3. The van der Waals surface area contributed by atoms with E-state index in [4.69, 9.17) is 9.97 Å². The summed E-state index contributed by atoms with van der Waals surface area (Å²) in [5.41, 5.74) is 16.4. The molecule has 0 N–H and O–H groups in total. The number of fused-ring (bicyclic) bond motifs is 11. The molecule has 0 radical (unpaired) electrons. The Labute approximate surface area is 339 Å². The van der Waals surface area contributed by atoms with Gasteiger partial charge in [-0.2, -0.15) is 0 Å². The molecule has 0 atom stereocenters. The van der Waals surface area contributed by atoms with Crippen molar-refractivity contribution in [1.82, 2.24) is 19.1 Å². The first-order valence-corrected chi connectivity index (χ1v) is 20.7. The number of hydrogen-bond acceptors (Lipinski definition) is 3. The Hall–Kier alpha value is -6.95. The third-order valence-corrected chi connectivity index (χ3v) is 13.9. The van der Waals surface area contributed by atoms with Gasteiger partial charge in [0.2, 0.25) is 5.95 Å². The Kier molecular flexibility index (Phi) is 6.41. The highest BCUT2D eigenvalue weighted by Crippen LogP contribution is 2.52. The maximum Gasteiger partial charge on any atom is 0.235 e. The van der Waals surface area contributed by atoms with Gasteiger partial charge in [0.15, 0.2) is 0 Å². The highest BCUT2D eigenvalue weighted by molar-refractivity contribution is 7.99. The molecule has 3 aromatic heterocycles. The fourth-order valence-electron chi connectivity index (χ4n) is 10.0. The van der Waals surface area contributed by atoms with Crippen molar-refractivity contribution in [3.05, 3.63) is 181 Å². The van der Waals surface area contributed by atoms with Crippen molar-refractivity contribution in [3.63, 3.8) is 0 Å². The van der Waals surface area contributed by atoms with Crippen LogP contribution in [0.5, 0.6) is 0 Å². The molecule has 2 aliphatic rings. The van der Waals surface area contributed by atoms with Gasteiger partial charge in [-0.3, -0.25) is 4.57 Å². The van der Waals surface area contributed by atoms with E-state index in [0.29, 0.717) is 5.95 Å². The van der Waals surface area contributed by atoms with Crippen molar-refractivity contribution in [3.8, 4) is 45.1 Å². The predicted molar refractivity (Wildman–Crippen MR) is 241 cm³/mol. The molecule has 4 heterocycles. The second kappa shape index (κ2) is 11.6. The second-order valence-electron chi connectivity index (χ2n) is 16.2. The van der Waals surface area contributed by atoms with Crippen LogP contribution in [0.1, 0.15) is 25.0 Å². The smallest absolute Gasteiger partial charge is 0.235 e. The standard InChI is InChI=1S/C53H34N4S/c1-53(2)41-18-9-6-15-34(41)37-29-40-39-28-32(31-23-25-45-38(27-31)35-16-7-10-20-44(35)56(45)33-13-4-3-5-14-33)24-26-46(39)57(47(40)30-42(37)53)52-54-43-19-12-22-49-50(43)51(55-52)36-17-8-11-21-48(36)58-49/h3-30H,1-2H3. The fraction of sp³-hybridized carbons (Fsp3) is 0.0566. The van der Waals surface area contributed by atoms with Gasteiger partial charge in [-0.15, -0.1) is 0 Å². The van der Waals surface area contributed by atoms with Crippen LogP contribution in [0.2, 0.25) is 0 Å². The Morgan fingerprint density at radius 2 is 1.10 bits per heavy atom. The Balaban J connectivity index is 1.08. The van der Waals surface area contributed by atoms with E-state index < -0.39 is 0 Å². The number of rotatable bonds is 3. The lowest BCUT2D eigenvalue weighted by molar-refractivity contribution is 0.661. The minimum absolute atomic E-state index is 0.151. The fourth-order valence-corrected chi connectivity index (χ4v) is 11.1. The van der Waals surface area contributed by atoms with Gasteiger partial charge in [-0.25, -0.2) is 9.97 Å². The lowest BCUT2D eigenvalue weighted by Crippen LogP contribution is -2.15. The topological polar surface area (TPSA) is 35.6 Å². The SMILES string of the molecule is CC1(C)c2ccccc2-c2cc3c4cc(-c5ccc6c(c5)c5ccccc5n6-c5ccccc5)ccc4n(-c4nc5c6c(cccc6n4)Sc4ccccc4-5)c3cc21. The molecule has 4 nitrogen and oxygen atoms in total. The molecule has 11 aromatic rings. The molecule has 0 spiro atoms. The van der Waals surface area contributed by atoms with E-state index in [9.17, 15) is 0 Å². The van der Waals surface area contributed by atoms with Crippen molar-refractivity contribution in [2.24, 2.45) is 0 Å². The largest absolute Gasteiger partial charge is 0.309 e. The summed E-state index contributed by atoms with van der Waals surface area (Å²) in [5, 5.41) is 6.00. The Bertz CT molecular complexity index is 3570. The molecule has 58 heavy (non-hydrogen) atoms. The quantitative estimate of drug-likeness (QED) is 0.180. The number of nitrogens with zero attached hydrogens (tertiary/aromatic N) is 4. The molecule has 13 rings (SSSR count). The molecular formula is C53H34N4S. The average Bonchev–Trinajstić information content (AvgIpc) is 3.85. The predicted octanol–water partition coefficient (Wildman–Crippen LogP) is 13.9. The van der Waals surface area contributed by atoms with Crippen LogP contribution in [0, 0.1) is 0 Å². The summed E-state index contributed by atoms with van der Waals surface area (Å²) < 4.78 is 4.69. The van der Waals surface area contributed by atoms with Gasteiger partial charge in [-0.1, -0.05) is 123 Å². The van der Waals surface area contributed by atoms with Gasteiger partial charge in [0.25, 0.3) is 0 Å². The van der Waals surface area contributed by atoms with Crippen LogP contribution < -0.4 is 0 Å². The number of benzene rings is 8. The van der Waals surface area contributed by atoms with E-state index in [1.807, 2.05) is 0 Å². The molecular weight excluding hydrogens is 725 g/mol. The normalized spacial score (nSPS) is 13.8. The highest BCUT2D eigenvalue weighted by atomic mass is 32.2. The Morgan fingerprint density at radius 3 is 1.95 bits per heavy atom. The van der Waals surface area contributed by atoms with Gasteiger partial charge in [0.05, 0.1) is 33.3 Å². The minimum atomic E-state index is -0.151.